The van der Waals surface area contributed by atoms with Crippen LogP contribution in [0.1, 0.15) is 18.4 Å². The van der Waals surface area contributed by atoms with Crippen LogP contribution in [0.25, 0.3) is 0 Å². The van der Waals surface area contributed by atoms with Gasteiger partial charge in [-0.05, 0) is 54.8 Å². The molecule has 10 heteroatoms. The monoisotopic (exact) mass is 458 g/mol. The number of benzene rings is 2. The summed E-state index contributed by atoms with van der Waals surface area (Å²) in [6, 6.07) is 13.3. The van der Waals surface area contributed by atoms with Crippen molar-refractivity contribution >= 4 is 41.2 Å². The molecule has 0 saturated carbocycles. The highest BCUT2D eigenvalue weighted by molar-refractivity contribution is 6.41. The van der Waals surface area contributed by atoms with Gasteiger partial charge in [0.25, 0.3) is 5.91 Å². The molecule has 32 heavy (non-hydrogen) atoms. The molecule has 0 spiro atoms. The molecule has 3 rings (SSSR count). The standard InChI is InChI=1S/C22H23ClN4O5/c23-18-5-1-2-6-19(18)26-21(29)22(30)27-25-12-15-7-9-16(10-8-15)32-14-20(28)24-13-17-4-3-11-31-17/h1-2,5-10,12,17H,3-4,11,13-14H2,(H,24,28)(H,26,29)(H,27,30)/b25-12-/t17-/m1/s1. The van der Waals surface area contributed by atoms with Crippen molar-refractivity contribution in [2.75, 3.05) is 25.1 Å². The van der Waals surface area contributed by atoms with Crippen molar-refractivity contribution in [1.82, 2.24) is 10.7 Å². The summed E-state index contributed by atoms with van der Waals surface area (Å²) < 4.78 is 10.9. The van der Waals surface area contributed by atoms with Crippen molar-refractivity contribution < 1.29 is 23.9 Å². The third-order valence-electron chi connectivity index (χ3n) is 4.51. The van der Waals surface area contributed by atoms with E-state index in [4.69, 9.17) is 21.1 Å². The number of nitrogens with zero attached hydrogens (tertiary/aromatic N) is 1. The number of ether oxygens (including phenoxy) is 2. The summed E-state index contributed by atoms with van der Waals surface area (Å²) >= 11 is 5.94. The lowest BCUT2D eigenvalue weighted by Gasteiger charge is -2.11. The maximum absolute atomic E-state index is 11.9. The molecule has 1 atom stereocenters. The Labute approximate surface area is 190 Å². The molecule has 1 fully saturated rings. The lowest BCUT2D eigenvalue weighted by atomic mass is 10.2. The Morgan fingerprint density at radius 3 is 2.62 bits per heavy atom. The van der Waals surface area contributed by atoms with Crippen molar-refractivity contribution in [2.45, 2.75) is 18.9 Å². The summed E-state index contributed by atoms with van der Waals surface area (Å²) in [4.78, 5) is 35.6. The number of rotatable bonds is 8. The molecule has 2 aromatic rings. The summed E-state index contributed by atoms with van der Waals surface area (Å²) in [5.74, 6) is -1.53. The van der Waals surface area contributed by atoms with Crippen molar-refractivity contribution in [3.05, 3.63) is 59.1 Å². The lowest BCUT2D eigenvalue weighted by molar-refractivity contribution is -0.136. The summed E-state index contributed by atoms with van der Waals surface area (Å²) in [6.07, 6.45) is 3.43. The zero-order valence-electron chi connectivity index (χ0n) is 17.2. The van der Waals surface area contributed by atoms with Crippen LogP contribution in [0, 0.1) is 0 Å². The van der Waals surface area contributed by atoms with E-state index >= 15 is 0 Å². The van der Waals surface area contributed by atoms with Crippen LogP contribution in [0.4, 0.5) is 5.69 Å². The second-order valence-electron chi connectivity index (χ2n) is 6.93. The second-order valence-corrected chi connectivity index (χ2v) is 7.34. The number of halogens is 1. The van der Waals surface area contributed by atoms with E-state index in [1.807, 2.05) is 0 Å². The van der Waals surface area contributed by atoms with E-state index in [0.29, 0.717) is 28.6 Å². The molecule has 1 saturated heterocycles. The van der Waals surface area contributed by atoms with Crippen molar-refractivity contribution in [3.8, 4) is 5.75 Å². The molecule has 1 heterocycles. The first kappa shape index (κ1) is 23.2. The molecule has 9 nitrogen and oxygen atoms in total. The van der Waals surface area contributed by atoms with E-state index in [-0.39, 0.29) is 18.6 Å². The molecule has 3 N–H and O–H groups in total. The number of hydrogen-bond donors (Lipinski definition) is 3. The second kappa shape index (κ2) is 11.8. The van der Waals surface area contributed by atoms with E-state index < -0.39 is 11.8 Å². The fraction of sp³-hybridized carbons (Fsp3) is 0.273. The SMILES string of the molecule is O=C(COc1ccc(/C=N\NC(=O)C(=O)Nc2ccccc2Cl)cc1)NC[C@H]1CCCO1. The maximum Gasteiger partial charge on any atom is 0.329 e. The number of nitrogens with one attached hydrogen (secondary N) is 3. The molecular formula is C22H23ClN4O5. The largest absolute Gasteiger partial charge is 0.484 e. The number of hydrogen-bond acceptors (Lipinski definition) is 6. The predicted octanol–water partition coefficient (Wildman–Crippen LogP) is 2.10. The van der Waals surface area contributed by atoms with Crippen molar-refractivity contribution in [2.24, 2.45) is 5.10 Å². The van der Waals surface area contributed by atoms with Gasteiger partial charge in [-0.2, -0.15) is 5.10 Å². The highest BCUT2D eigenvalue weighted by atomic mass is 35.5. The minimum absolute atomic E-state index is 0.0835. The molecule has 1 aliphatic rings. The molecule has 1 aliphatic heterocycles. The van der Waals surface area contributed by atoms with Crippen LogP contribution in [0.2, 0.25) is 5.02 Å². The third-order valence-corrected chi connectivity index (χ3v) is 4.84. The van der Waals surface area contributed by atoms with Gasteiger partial charge in [-0.15, -0.1) is 0 Å². The molecule has 2 aromatic carbocycles. The van der Waals surface area contributed by atoms with E-state index in [0.717, 1.165) is 19.4 Å². The van der Waals surface area contributed by atoms with Crippen LogP contribution in [0.5, 0.6) is 5.75 Å². The van der Waals surface area contributed by atoms with E-state index in [1.54, 1.807) is 48.5 Å². The smallest absolute Gasteiger partial charge is 0.329 e. The van der Waals surface area contributed by atoms with Crippen LogP contribution in [0.15, 0.2) is 53.6 Å². The number of para-hydroxylation sites is 1. The van der Waals surface area contributed by atoms with Crippen LogP contribution < -0.4 is 20.8 Å². The quantitative estimate of drug-likeness (QED) is 0.318. The van der Waals surface area contributed by atoms with Crippen LogP contribution in [0.3, 0.4) is 0 Å². The molecule has 0 radical (unpaired) electrons. The van der Waals surface area contributed by atoms with E-state index in [2.05, 4.69) is 21.2 Å². The number of hydrazone groups is 1. The predicted molar refractivity (Wildman–Crippen MR) is 120 cm³/mol. The van der Waals surface area contributed by atoms with Crippen LogP contribution in [-0.2, 0) is 19.1 Å². The Morgan fingerprint density at radius 1 is 1.12 bits per heavy atom. The van der Waals surface area contributed by atoms with Gasteiger partial charge in [-0.3, -0.25) is 14.4 Å². The van der Waals surface area contributed by atoms with Gasteiger partial charge in [0, 0.05) is 13.2 Å². The van der Waals surface area contributed by atoms with Gasteiger partial charge in [-0.25, -0.2) is 5.43 Å². The van der Waals surface area contributed by atoms with Gasteiger partial charge >= 0.3 is 11.8 Å². The van der Waals surface area contributed by atoms with Crippen molar-refractivity contribution in [1.29, 1.82) is 0 Å². The first-order chi connectivity index (χ1) is 15.5. The zero-order valence-corrected chi connectivity index (χ0v) is 17.9. The average molecular weight is 459 g/mol. The van der Waals surface area contributed by atoms with E-state index in [9.17, 15) is 14.4 Å². The van der Waals surface area contributed by atoms with Crippen molar-refractivity contribution in [3.63, 3.8) is 0 Å². The first-order valence-corrected chi connectivity index (χ1v) is 10.4. The Kier molecular flexibility index (Phi) is 8.59. The summed E-state index contributed by atoms with van der Waals surface area (Å²) in [5, 5.41) is 9.26. The minimum Gasteiger partial charge on any atom is -0.484 e. The van der Waals surface area contributed by atoms with Gasteiger partial charge in [0.2, 0.25) is 0 Å². The van der Waals surface area contributed by atoms with E-state index in [1.165, 1.54) is 6.21 Å². The molecule has 0 aromatic heterocycles. The maximum atomic E-state index is 11.9. The normalized spacial score (nSPS) is 15.3. The Bertz CT molecular complexity index is 975. The number of amides is 3. The lowest BCUT2D eigenvalue weighted by Crippen LogP contribution is -2.35. The Balaban J connectivity index is 1.38. The topological polar surface area (TPSA) is 118 Å². The Morgan fingerprint density at radius 2 is 1.91 bits per heavy atom. The van der Waals surface area contributed by atoms with Gasteiger partial charge < -0.3 is 20.1 Å². The fourth-order valence-corrected chi connectivity index (χ4v) is 3.02. The molecular weight excluding hydrogens is 436 g/mol. The molecule has 3 amide bonds. The minimum atomic E-state index is -0.935. The average Bonchev–Trinajstić information content (AvgIpc) is 3.32. The first-order valence-electron chi connectivity index (χ1n) is 10.0. The number of carbonyl (C=O) groups is 3. The summed E-state index contributed by atoms with van der Waals surface area (Å²) in [5.41, 5.74) is 3.13. The summed E-state index contributed by atoms with van der Waals surface area (Å²) in [7, 11) is 0. The van der Waals surface area contributed by atoms with Crippen LogP contribution >= 0.6 is 11.6 Å². The van der Waals surface area contributed by atoms with Gasteiger partial charge in [0.1, 0.15) is 5.75 Å². The number of anilines is 1. The highest BCUT2D eigenvalue weighted by Gasteiger charge is 2.16. The fourth-order valence-electron chi connectivity index (χ4n) is 2.84. The molecule has 0 unspecified atom stereocenters. The highest BCUT2D eigenvalue weighted by Crippen LogP contribution is 2.20. The molecule has 168 valence electrons. The van der Waals surface area contributed by atoms with Gasteiger partial charge in [-0.1, -0.05) is 23.7 Å². The number of carbonyl (C=O) groups excluding carboxylic acids is 3. The summed E-state index contributed by atoms with van der Waals surface area (Å²) in [6.45, 7) is 1.13. The van der Waals surface area contributed by atoms with Gasteiger partial charge in [0.05, 0.1) is 23.0 Å². The van der Waals surface area contributed by atoms with Crippen LogP contribution in [-0.4, -0.2) is 49.8 Å². The molecule has 0 bridgehead atoms. The third kappa shape index (κ3) is 7.36. The zero-order chi connectivity index (χ0) is 22.8. The van der Waals surface area contributed by atoms with Gasteiger partial charge in [0.15, 0.2) is 6.61 Å². The Hall–Kier alpha value is -3.43. The molecule has 0 aliphatic carbocycles.